The van der Waals surface area contributed by atoms with Crippen LogP contribution in [0.3, 0.4) is 0 Å². The Bertz CT molecular complexity index is 748. The van der Waals surface area contributed by atoms with Crippen LogP contribution in [0.1, 0.15) is 24.8 Å². The molecule has 25 heavy (non-hydrogen) atoms. The molecule has 3 aliphatic rings. The number of fused-ring (bicyclic) bond motifs is 3. The summed E-state index contributed by atoms with van der Waals surface area (Å²) in [7, 11) is 0. The number of benzene rings is 1. The number of aryl methyl sites for hydroxylation is 1. The van der Waals surface area contributed by atoms with Gasteiger partial charge in [-0.15, -0.1) is 0 Å². The monoisotopic (exact) mass is 343 g/mol. The predicted octanol–water partition coefficient (Wildman–Crippen LogP) is 0.600. The number of carbonyl (C=O) groups is 3. The average molecular weight is 343 g/mol. The van der Waals surface area contributed by atoms with Crippen LogP contribution in [-0.4, -0.2) is 54.4 Å². The second-order valence-electron chi connectivity index (χ2n) is 6.93. The number of nitrogens with zero attached hydrogens (tertiary/aromatic N) is 2. The summed E-state index contributed by atoms with van der Waals surface area (Å²) in [4.78, 5) is 40.4. The van der Waals surface area contributed by atoms with Crippen LogP contribution in [0.25, 0.3) is 0 Å². The van der Waals surface area contributed by atoms with Crippen molar-refractivity contribution in [2.75, 3.05) is 24.6 Å². The van der Waals surface area contributed by atoms with Crippen LogP contribution >= 0.6 is 0 Å². The minimum Gasteiger partial charge on any atom is -0.482 e. The first-order valence-electron chi connectivity index (χ1n) is 8.64. The maximum atomic E-state index is 13.0. The quantitative estimate of drug-likeness (QED) is 0.853. The van der Waals surface area contributed by atoms with Gasteiger partial charge in [0.25, 0.3) is 5.91 Å². The Kier molecular flexibility index (Phi) is 3.86. The third-order valence-electron chi connectivity index (χ3n) is 5.21. The molecule has 0 aliphatic carbocycles. The lowest BCUT2D eigenvalue weighted by Gasteiger charge is -2.33. The number of rotatable bonds is 2. The first kappa shape index (κ1) is 15.9. The molecular weight excluding hydrogens is 322 g/mol. The number of nitrogens with one attached hydrogen (secondary N) is 1. The second-order valence-corrected chi connectivity index (χ2v) is 6.93. The Balaban J connectivity index is 1.58. The van der Waals surface area contributed by atoms with Crippen molar-refractivity contribution in [3.05, 3.63) is 23.8 Å². The van der Waals surface area contributed by atoms with Gasteiger partial charge in [0.1, 0.15) is 12.3 Å². The van der Waals surface area contributed by atoms with E-state index in [0.29, 0.717) is 24.4 Å². The minimum absolute atomic E-state index is 0.00609. The summed E-state index contributed by atoms with van der Waals surface area (Å²) in [6.45, 7) is 2.36. The van der Waals surface area contributed by atoms with E-state index >= 15 is 0 Å². The van der Waals surface area contributed by atoms with Gasteiger partial charge >= 0.3 is 0 Å². The molecule has 3 amide bonds. The van der Waals surface area contributed by atoms with Crippen molar-refractivity contribution >= 4 is 23.4 Å². The molecule has 7 nitrogen and oxygen atoms in total. The van der Waals surface area contributed by atoms with Gasteiger partial charge in [0.2, 0.25) is 11.8 Å². The molecule has 4 rings (SSSR count). The van der Waals surface area contributed by atoms with Crippen LogP contribution in [0.4, 0.5) is 5.69 Å². The lowest BCUT2D eigenvalue weighted by Crippen LogP contribution is -2.50. The summed E-state index contributed by atoms with van der Waals surface area (Å²) in [5.41, 5.74) is 1.64. The number of ether oxygens (including phenoxy) is 1. The maximum Gasteiger partial charge on any atom is 0.265 e. The molecular formula is C18H21N3O4. The van der Waals surface area contributed by atoms with E-state index in [4.69, 9.17) is 4.74 Å². The first-order chi connectivity index (χ1) is 12.0. The summed E-state index contributed by atoms with van der Waals surface area (Å²) >= 11 is 0. The molecule has 2 fully saturated rings. The Morgan fingerprint density at radius 2 is 2.08 bits per heavy atom. The Labute approximate surface area is 145 Å². The highest BCUT2D eigenvalue weighted by atomic mass is 16.5. The zero-order valence-corrected chi connectivity index (χ0v) is 14.2. The summed E-state index contributed by atoms with van der Waals surface area (Å²) in [6.07, 6.45) is 2.08. The SMILES string of the molecule is Cc1ccc2c(c1)N(CC(=O)N1[C@@H]3CC[C@H]1CC(=O)NC3)C(=O)CO2. The van der Waals surface area contributed by atoms with Crippen molar-refractivity contribution in [3.63, 3.8) is 0 Å². The van der Waals surface area contributed by atoms with E-state index in [1.807, 2.05) is 30.0 Å². The van der Waals surface area contributed by atoms with Gasteiger partial charge < -0.3 is 15.0 Å². The van der Waals surface area contributed by atoms with Crippen LogP contribution in [0, 0.1) is 6.92 Å². The molecule has 0 aromatic heterocycles. The summed E-state index contributed by atoms with van der Waals surface area (Å²) in [6, 6.07) is 5.57. The molecule has 0 saturated carbocycles. The van der Waals surface area contributed by atoms with Gasteiger partial charge in [-0.25, -0.2) is 0 Å². The van der Waals surface area contributed by atoms with E-state index < -0.39 is 0 Å². The highest BCUT2D eigenvalue weighted by Gasteiger charge is 2.41. The van der Waals surface area contributed by atoms with Crippen molar-refractivity contribution in [1.82, 2.24) is 10.2 Å². The van der Waals surface area contributed by atoms with Gasteiger partial charge in [0.15, 0.2) is 6.61 Å². The first-order valence-corrected chi connectivity index (χ1v) is 8.64. The van der Waals surface area contributed by atoms with Gasteiger partial charge in [-0.1, -0.05) is 6.07 Å². The number of amides is 3. The largest absolute Gasteiger partial charge is 0.482 e. The molecule has 3 heterocycles. The molecule has 1 aromatic carbocycles. The lowest BCUT2D eigenvalue weighted by molar-refractivity contribution is -0.134. The highest BCUT2D eigenvalue weighted by Crippen LogP contribution is 2.34. The molecule has 0 unspecified atom stereocenters. The molecule has 2 atom stereocenters. The van der Waals surface area contributed by atoms with Crippen molar-refractivity contribution in [1.29, 1.82) is 0 Å². The fraction of sp³-hybridized carbons (Fsp3) is 0.500. The zero-order chi connectivity index (χ0) is 17.6. The Morgan fingerprint density at radius 1 is 1.28 bits per heavy atom. The number of carbonyl (C=O) groups excluding carboxylic acids is 3. The van der Waals surface area contributed by atoms with E-state index in [9.17, 15) is 14.4 Å². The zero-order valence-electron chi connectivity index (χ0n) is 14.2. The maximum absolute atomic E-state index is 13.0. The number of hydrogen-bond acceptors (Lipinski definition) is 4. The van der Waals surface area contributed by atoms with E-state index in [1.54, 1.807) is 0 Å². The average Bonchev–Trinajstić information content (AvgIpc) is 2.89. The molecule has 7 heteroatoms. The third kappa shape index (κ3) is 2.83. The van der Waals surface area contributed by atoms with Crippen LogP contribution in [0.2, 0.25) is 0 Å². The highest BCUT2D eigenvalue weighted by molar-refractivity contribution is 6.02. The molecule has 2 bridgehead atoms. The van der Waals surface area contributed by atoms with Crippen molar-refractivity contribution in [2.45, 2.75) is 38.3 Å². The van der Waals surface area contributed by atoms with Gasteiger partial charge in [-0.3, -0.25) is 19.3 Å². The summed E-state index contributed by atoms with van der Waals surface area (Å²) in [5, 5.41) is 2.86. The molecule has 132 valence electrons. The third-order valence-corrected chi connectivity index (χ3v) is 5.21. The van der Waals surface area contributed by atoms with Crippen molar-refractivity contribution < 1.29 is 19.1 Å². The van der Waals surface area contributed by atoms with Gasteiger partial charge in [0.05, 0.1) is 5.69 Å². The molecule has 1 N–H and O–H groups in total. The van der Waals surface area contributed by atoms with E-state index in [1.165, 1.54) is 4.90 Å². The normalized spacial score (nSPS) is 25.2. The van der Waals surface area contributed by atoms with Crippen LogP contribution in [0.15, 0.2) is 18.2 Å². The Hall–Kier alpha value is -2.57. The van der Waals surface area contributed by atoms with Gasteiger partial charge in [-0.2, -0.15) is 0 Å². The predicted molar refractivity (Wildman–Crippen MR) is 90.3 cm³/mol. The minimum atomic E-state index is -0.220. The van der Waals surface area contributed by atoms with Crippen LogP contribution in [0.5, 0.6) is 5.75 Å². The number of anilines is 1. The number of hydrogen-bond donors (Lipinski definition) is 1. The molecule has 3 aliphatic heterocycles. The van der Waals surface area contributed by atoms with Gasteiger partial charge in [-0.05, 0) is 37.5 Å². The standard InChI is InChI=1S/C18H21N3O4/c1-11-2-5-15-14(6-11)20(18(24)10-25-15)9-17(23)21-12-3-4-13(21)8-19-16(22)7-12/h2,5-6,12-13H,3-4,7-10H2,1H3,(H,19,22)/t12-,13+/m0/s1. The Morgan fingerprint density at radius 3 is 2.92 bits per heavy atom. The van der Waals surface area contributed by atoms with Crippen molar-refractivity contribution in [2.24, 2.45) is 0 Å². The van der Waals surface area contributed by atoms with Gasteiger partial charge in [0, 0.05) is 25.0 Å². The fourth-order valence-electron chi connectivity index (χ4n) is 3.99. The molecule has 0 spiro atoms. The van der Waals surface area contributed by atoms with Crippen molar-refractivity contribution in [3.8, 4) is 5.75 Å². The van der Waals surface area contributed by atoms with E-state index in [2.05, 4.69) is 5.32 Å². The summed E-state index contributed by atoms with van der Waals surface area (Å²) < 4.78 is 5.47. The molecule has 0 radical (unpaired) electrons. The second kappa shape index (κ2) is 6.06. The van der Waals surface area contributed by atoms with Crippen LogP contribution in [-0.2, 0) is 14.4 Å². The topological polar surface area (TPSA) is 79.0 Å². The fourth-order valence-corrected chi connectivity index (χ4v) is 3.99. The smallest absolute Gasteiger partial charge is 0.265 e. The molecule has 2 saturated heterocycles. The molecule has 1 aromatic rings. The summed E-state index contributed by atoms with van der Waals surface area (Å²) in [5.74, 6) is 0.289. The van der Waals surface area contributed by atoms with E-state index in [0.717, 1.165) is 18.4 Å². The van der Waals surface area contributed by atoms with E-state index in [-0.39, 0.29) is 43.0 Å². The lowest BCUT2D eigenvalue weighted by atomic mass is 10.1. The van der Waals surface area contributed by atoms with Crippen LogP contribution < -0.4 is 15.0 Å².